The standard InChI is InChI=1S/C17H23N3O3/c1-19-7-3-12-13(2-6-18-16(12)19)20-8-4-17(5-9-20)10-14(21)15(22)11-23-17/h2-3,6-7,14-15,21-22H,4-5,8-11H2,1H3/t14-,15+/m1/s1. The average molecular weight is 317 g/mol. The largest absolute Gasteiger partial charge is 0.390 e. The Kier molecular flexibility index (Phi) is 3.55. The minimum absolute atomic E-state index is 0.235. The first-order chi connectivity index (χ1) is 11.1. The molecule has 6 heteroatoms. The Morgan fingerprint density at radius 1 is 1.22 bits per heavy atom. The first kappa shape index (κ1) is 14.9. The van der Waals surface area contributed by atoms with Crippen LogP contribution in [0.5, 0.6) is 0 Å². The third kappa shape index (κ3) is 2.51. The number of piperidine rings is 1. The second-order valence-electron chi connectivity index (χ2n) is 6.81. The highest BCUT2D eigenvalue weighted by Gasteiger charge is 2.43. The van der Waals surface area contributed by atoms with Crippen LogP contribution >= 0.6 is 0 Å². The minimum atomic E-state index is -0.747. The van der Waals surface area contributed by atoms with Gasteiger partial charge in [0.25, 0.3) is 0 Å². The number of rotatable bonds is 1. The molecule has 0 bridgehead atoms. The third-order valence-electron chi connectivity index (χ3n) is 5.35. The van der Waals surface area contributed by atoms with Crippen LogP contribution in [0.4, 0.5) is 5.69 Å². The summed E-state index contributed by atoms with van der Waals surface area (Å²) < 4.78 is 7.95. The van der Waals surface area contributed by atoms with Gasteiger partial charge in [-0.2, -0.15) is 0 Å². The Bertz CT molecular complexity index is 706. The number of aliphatic hydroxyl groups is 2. The highest BCUT2D eigenvalue weighted by atomic mass is 16.5. The number of aliphatic hydroxyl groups excluding tert-OH is 2. The van der Waals surface area contributed by atoms with Crippen LogP contribution < -0.4 is 4.90 Å². The number of hydrogen-bond donors (Lipinski definition) is 2. The number of aryl methyl sites for hydroxylation is 1. The molecule has 4 heterocycles. The average Bonchev–Trinajstić information content (AvgIpc) is 2.94. The predicted molar refractivity (Wildman–Crippen MR) is 87.5 cm³/mol. The van der Waals surface area contributed by atoms with E-state index in [4.69, 9.17) is 4.74 Å². The van der Waals surface area contributed by atoms with Gasteiger partial charge in [-0.3, -0.25) is 0 Å². The van der Waals surface area contributed by atoms with Gasteiger partial charge >= 0.3 is 0 Å². The normalized spacial score (nSPS) is 27.7. The zero-order valence-electron chi connectivity index (χ0n) is 13.4. The molecule has 4 rings (SSSR count). The van der Waals surface area contributed by atoms with Crippen molar-refractivity contribution in [1.82, 2.24) is 9.55 Å². The van der Waals surface area contributed by atoms with Gasteiger partial charge in [0.2, 0.25) is 0 Å². The summed E-state index contributed by atoms with van der Waals surface area (Å²) in [4.78, 5) is 6.82. The van der Waals surface area contributed by atoms with E-state index in [0.717, 1.165) is 31.6 Å². The van der Waals surface area contributed by atoms with Crippen molar-refractivity contribution in [2.24, 2.45) is 7.05 Å². The van der Waals surface area contributed by atoms with E-state index in [1.807, 2.05) is 24.0 Å². The van der Waals surface area contributed by atoms with E-state index in [2.05, 4.69) is 22.0 Å². The number of hydrogen-bond acceptors (Lipinski definition) is 5. The summed E-state index contributed by atoms with van der Waals surface area (Å²) >= 11 is 0. The molecule has 124 valence electrons. The SMILES string of the molecule is Cn1ccc2c(N3CCC4(CC3)C[C@@H](O)[C@@H](O)CO4)ccnc21. The maximum atomic E-state index is 9.97. The second kappa shape index (κ2) is 5.47. The van der Waals surface area contributed by atoms with Gasteiger partial charge in [-0.1, -0.05) is 0 Å². The molecule has 1 spiro atoms. The summed E-state index contributed by atoms with van der Waals surface area (Å²) in [5, 5.41) is 20.8. The minimum Gasteiger partial charge on any atom is -0.390 e. The number of anilines is 1. The van der Waals surface area contributed by atoms with Crippen molar-refractivity contribution in [1.29, 1.82) is 0 Å². The van der Waals surface area contributed by atoms with Crippen LogP contribution in [0.3, 0.4) is 0 Å². The maximum absolute atomic E-state index is 9.97. The van der Waals surface area contributed by atoms with Crippen molar-refractivity contribution < 1.29 is 14.9 Å². The van der Waals surface area contributed by atoms with Crippen LogP contribution in [0.15, 0.2) is 24.5 Å². The Morgan fingerprint density at radius 3 is 2.74 bits per heavy atom. The van der Waals surface area contributed by atoms with Crippen LogP contribution in [-0.2, 0) is 11.8 Å². The fraction of sp³-hybridized carbons (Fsp3) is 0.588. The first-order valence-electron chi connectivity index (χ1n) is 8.23. The lowest BCUT2D eigenvalue weighted by Gasteiger charge is -2.47. The van der Waals surface area contributed by atoms with Crippen LogP contribution in [0.25, 0.3) is 11.0 Å². The van der Waals surface area contributed by atoms with Gasteiger partial charge in [0, 0.05) is 50.0 Å². The molecule has 0 radical (unpaired) electrons. The molecule has 6 nitrogen and oxygen atoms in total. The van der Waals surface area contributed by atoms with Crippen molar-refractivity contribution in [2.45, 2.75) is 37.1 Å². The van der Waals surface area contributed by atoms with E-state index in [9.17, 15) is 10.2 Å². The molecule has 2 atom stereocenters. The molecule has 0 aliphatic carbocycles. The molecule has 2 saturated heterocycles. The molecule has 2 N–H and O–H groups in total. The van der Waals surface area contributed by atoms with Gasteiger partial charge in [-0.25, -0.2) is 4.98 Å². The third-order valence-corrected chi connectivity index (χ3v) is 5.35. The van der Waals surface area contributed by atoms with E-state index < -0.39 is 12.2 Å². The van der Waals surface area contributed by atoms with Gasteiger partial charge < -0.3 is 24.4 Å². The fourth-order valence-electron chi connectivity index (χ4n) is 3.88. The monoisotopic (exact) mass is 317 g/mol. The molecule has 0 unspecified atom stereocenters. The molecule has 23 heavy (non-hydrogen) atoms. The quantitative estimate of drug-likeness (QED) is 0.823. The first-order valence-corrected chi connectivity index (χ1v) is 8.23. The number of fused-ring (bicyclic) bond motifs is 1. The molecule has 2 aliphatic heterocycles. The van der Waals surface area contributed by atoms with Crippen molar-refractivity contribution >= 4 is 16.7 Å². The number of aromatic nitrogens is 2. The number of nitrogens with zero attached hydrogens (tertiary/aromatic N) is 3. The molecule has 2 aromatic heterocycles. The van der Waals surface area contributed by atoms with E-state index in [-0.39, 0.29) is 12.2 Å². The molecule has 2 aliphatic rings. The van der Waals surface area contributed by atoms with Crippen LogP contribution in [0.1, 0.15) is 19.3 Å². The van der Waals surface area contributed by atoms with Crippen molar-refractivity contribution in [3.8, 4) is 0 Å². The lowest BCUT2D eigenvalue weighted by molar-refractivity contribution is -0.178. The van der Waals surface area contributed by atoms with E-state index >= 15 is 0 Å². The Hall–Kier alpha value is -1.63. The summed E-state index contributed by atoms with van der Waals surface area (Å²) in [6.45, 7) is 2.01. The number of ether oxygens (including phenoxy) is 1. The lowest BCUT2D eigenvalue weighted by Crippen LogP contribution is -2.54. The molecule has 2 aromatic rings. The zero-order chi connectivity index (χ0) is 16.0. The summed E-state index contributed by atoms with van der Waals surface area (Å²) in [6, 6.07) is 4.18. The fourth-order valence-corrected chi connectivity index (χ4v) is 3.88. The Labute approximate surface area is 135 Å². The van der Waals surface area contributed by atoms with Crippen molar-refractivity contribution in [2.75, 3.05) is 24.6 Å². The molecular weight excluding hydrogens is 294 g/mol. The van der Waals surface area contributed by atoms with Crippen molar-refractivity contribution in [3.05, 3.63) is 24.5 Å². The summed E-state index contributed by atoms with van der Waals surface area (Å²) in [5.41, 5.74) is 1.93. The Morgan fingerprint density at radius 2 is 2.00 bits per heavy atom. The molecular formula is C17H23N3O3. The van der Waals surface area contributed by atoms with E-state index in [1.54, 1.807) is 0 Å². The highest BCUT2D eigenvalue weighted by molar-refractivity contribution is 5.90. The molecule has 0 amide bonds. The zero-order valence-corrected chi connectivity index (χ0v) is 13.4. The summed E-state index contributed by atoms with van der Waals surface area (Å²) in [7, 11) is 2.01. The van der Waals surface area contributed by atoms with Gasteiger partial charge in [-0.05, 0) is 25.0 Å². The highest BCUT2D eigenvalue weighted by Crippen LogP contribution is 2.37. The van der Waals surface area contributed by atoms with Crippen LogP contribution in [0, 0.1) is 0 Å². The van der Waals surface area contributed by atoms with E-state index in [0.29, 0.717) is 6.42 Å². The van der Waals surface area contributed by atoms with Crippen molar-refractivity contribution in [3.63, 3.8) is 0 Å². The Balaban J connectivity index is 1.53. The van der Waals surface area contributed by atoms with E-state index in [1.165, 1.54) is 11.1 Å². The van der Waals surface area contributed by atoms with Gasteiger partial charge in [0.1, 0.15) is 11.8 Å². The number of pyridine rings is 1. The maximum Gasteiger partial charge on any atom is 0.141 e. The summed E-state index contributed by atoms with van der Waals surface area (Å²) in [5.74, 6) is 0. The van der Waals surface area contributed by atoms with Crippen LogP contribution in [0.2, 0.25) is 0 Å². The van der Waals surface area contributed by atoms with Gasteiger partial charge in [-0.15, -0.1) is 0 Å². The summed E-state index contributed by atoms with van der Waals surface area (Å²) in [6.07, 6.45) is 4.74. The lowest BCUT2D eigenvalue weighted by atomic mass is 9.82. The topological polar surface area (TPSA) is 70.8 Å². The predicted octanol–water partition coefficient (Wildman–Crippen LogP) is 1.05. The van der Waals surface area contributed by atoms with Gasteiger partial charge in [0.05, 0.1) is 18.3 Å². The van der Waals surface area contributed by atoms with Crippen LogP contribution in [-0.4, -0.2) is 57.3 Å². The smallest absolute Gasteiger partial charge is 0.141 e. The molecule has 0 saturated carbocycles. The van der Waals surface area contributed by atoms with Gasteiger partial charge in [0.15, 0.2) is 0 Å². The second-order valence-corrected chi connectivity index (χ2v) is 6.81. The molecule has 2 fully saturated rings. The molecule has 0 aromatic carbocycles.